The van der Waals surface area contributed by atoms with E-state index >= 15 is 0 Å². The molecule has 1 heterocycles. The molecule has 25 heavy (non-hydrogen) atoms. The molecule has 3 rings (SSSR count). The van der Waals surface area contributed by atoms with Crippen molar-refractivity contribution in [2.45, 2.75) is 6.10 Å². The predicted molar refractivity (Wildman–Crippen MR) is 94.7 cm³/mol. The molecule has 2 aromatic rings. The summed E-state index contributed by atoms with van der Waals surface area (Å²) >= 11 is 5.80. The first kappa shape index (κ1) is 17.2. The Kier molecular flexibility index (Phi) is 5.85. The Morgan fingerprint density at radius 1 is 1.12 bits per heavy atom. The number of ether oxygens (including phenoxy) is 3. The van der Waals surface area contributed by atoms with Gasteiger partial charge >= 0.3 is 6.03 Å². The summed E-state index contributed by atoms with van der Waals surface area (Å²) in [7, 11) is 0. The van der Waals surface area contributed by atoms with E-state index < -0.39 is 0 Å². The van der Waals surface area contributed by atoms with Crippen LogP contribution < -0.4 is 24.8 Å². The molecule has 0 fully saturated rings. The molecule has 7 heteroatoms. The predicted octanol–water partition coefficient (Wildman–Crippen LogP) is 2.86. The molecule has 0 aromatic heterocycles. The van der Waals surface area contributed by atoms with Crippen LogP contribution in [0.25, 0.3) is 0 Å². The van der Waals surface area contributed by atoms with Gasteiger partial charge in [-0.25, -0.2) is 4.79 Å². The number of halogens is 1. The average molecular weight is 363 g/mol. The second-order valence-electron chi connectivity index (χ2n) is 5.44. The van der Waals surface area contributed by atoms with E-state index in [1.807, 2.05) is 24.3 Å². The molecule has 0 bridgehead atoms. The molecule has 2 N–H and O–H groups in total. The van der Waals surface area contributed by atoms with E-state index in [0.29, 0.717) is 42.8 Å². The second kappa shape index (κ2) is 8.48. The minimum atomic E-state index is -0.276. The van der Waals surface area contributed by atoms with Gasteiger partial charge in [0, 0.05) is 5.02 Å². The van der Waals surface area contributed by atoms with E-state index in [9.17, 15) is 4.79 Å². The van der Waals surface area contributed by atoms with Crippen LogP contribution in [0.3, 0.4) is 0 Å². The van der Waals surface area contributed by atoms with Gasteiger partial charge in [0.05, 0.1) is 13.1 Å². The summed E-state index contributed by atoms with van der Waals surface area (Å²) in [5, 5.41) is 6.14. The number of hydrogen-bond acceptors (Lipinski definition) is 4. The number of hydrogen-bond donors (Lipinski definition) is 2. The van der Waals surface area contributed by atoms with E-state index in [2.05, 4.69) is 10.6 Å². The molecular weight excluding hydrogens is 344 g/mol. The first-order valence-corrected chi connectivity index (χ1v) is 8.37. The third kappa shape index (κ3) is 5.19. The second-order valence-corrected chi connectivity index (χ2v) is 5.87. The Labute approximate surface area is 151 Å². The SMILES string of the molecule is O=C(NCCOc1ccc(Cl)cc1)NC[C@@H]1COc2ccccc2O1. The molecule has 0 saturated heterocycles. The average Bonchev–Trinajstić information content (AvgIpc) is 2.65. The van der Waals surface area contributed by atoms with Crippen molar-refractivity contribution in [3.05, 3.63) is 53.6 Å². The van der Waals surface area contributed by atoms with Crippen LogP contribution in [0.15, 0.2) is 48.5 Å². The maximum atomic E-state index is 11.8. The summed E-state index contributed by atoms with van der Waals surface area (Å²) in [6.45, 7) is 1.51. The molecule has 6 nitrogen and oxygen atoms in total. The van der Waals surface area contributed by atoms with Crippen LogP contribution in [0.4, 0.5) is 4.79 Å². The highest BCUT2D eigenvalue weighted by Gasteiger charge is 2.20. The van der Waals surface area contributed by atoms with Crippen LogP contribution in [0.5, 0.6) is 17.2 Å². The number of carbonyl (C=O) groups excluding carboxylic acids is 1. The zero-order valence-electron chi connectivity index (χ0n) is 13.5. The molecule has 0 unspecified atom stereocenters. The van der Waals surface area contributed by atoms with Crippen molar-refractivity contribution in [2.75, 3.05) is 26.3 Å². The Balaban J connectivity index is 1.31. The lowest BCUT2D eigenvalue weighted by Gasteiger charge is -2.26. The third-order valence-corrected chi connectivity index (χ3v) is 3.78. The molecule has 0 aliphatic carbocycles. The number of urea groups is 1. The lowest BCUT2D eigenvalue weighted by molar-refractivity contribution is 0.0918. The van der Waals surface area contributed by atoms with Gasteiger partial charge in [0.15, 0.2) is 17.6 Å². The minimum absolute atomic E-state index is 0.217. The van der Waals surface area contributed by atoms with E-state index in [1.54, 1.807) is 24.3 Å². The molecule has 1 aliphatic heterocycles. The fourth-order valence-corrected chi connectivity index (χ4v) is 2.42. The van der Waals surface area contributed by atoms with Gasteiger partial charge < -0.3 is 24.8 Å². The smallest absolute Gasteiger partial charge is 0.315 e. The lowest BCUT2D eigenvalue weighted by Crippen LogP contribution is -2.45. The van der Waals surface area contributed by atoms with Crippen LogP contribution in [0.2, 0.25) is 5.02 Å². The van der Waals surface area contributed by atoms with Crippen molar-refractivity contribution in [3.8, 4) is 17.2 Å². The Hall–Kier alpha value is -2.60. The van der Waals surface area contributed by atoms with Gasteiger partial charge in [0.25, 0.3) is 0 Å². The van der Waals surface area contributed by atoms with Crippen molar-refractivity contribution in [3.63, 3.8) is 0 Å². The first-order valence-electron chi connectivity index (χ1n) is 7.99. The fourth-order valence-electron chi connectivity index (χ4n) is 2.30. The Morgan fingerprint density at radius 3 is 2.68 bits per heavy atom. The van der Waals surface area contributed by atoms with Crippen molar-refractivity contribution in [1.82, 2.24) is 10.6 Å². The van der Waals surface area contributed by atoms with E-state index in [1.165, 1.54) is 0 Å². The number of nitrogens with one attached hydrogen (secondary N) is 2. The van der Waals surface area contributed by atoms with E-state index in [0.717, 1.165) is 5.75 Å². The lowest BCUT2D eigenvalue weighted by atomic mass is 10.2. The van der Waals surface area contributed by atoms with E-state index in [4.69, 9.17) is 25.8 Å². The summed E-state index contributed by atoms with van der Waals surface area (Å²) in [4.78, 5) is 11.8. The highest BCUT2D eigenvalue weighted by molar-refractivity contribution is 6.30. The molecule has 0 radical (unpaired) electrons. The van der Waals surface area contributed by atoms with E-state index in [-0.39, 0.29) is 12.1 Å². The molecule has 132 valence electrons. The quantitative estimate of drug-likeness (QED) is 0.775. The summed E-state index contributed by atoms with van der Waals surface area (Å²) in [6, 6.07) is 14.2. The summed E-state index contributed by atoms with van der Waals surface area (Å²) in [5.41, 5.74) is 0. The normalized spacial score (nSPS) is 15.3. The highest BCUT2D eigenvalue weighted by atomic mass is 35.5. The van der Waals surface area contributed by atoms with Crippen LogP contribution in [0.1, 0.15) is 0 Å². The summed E-state index contributed by atoms with van der Waals surface area (Å²) in [5.74, 6) is 2.12. The molecule has 0 saturated carbocycles. The Bertz CT molecular complexity index is 708. The topological polar surface area (TPSA) is 68.8 Å². The maximum absolute atomic E-state index is 11.8. The minimum Gasteiger partial charge on any atom is -0.492 e. The standard InChI is InChI=1S/C18H19ClN2O4/c19-13-5-7-14(8-6-13)23-10-9-20-18(22)21-11-15-12-24-16-3-1-2-4-17(16)25-15/h1-8,15H,9-12H2,(H2,20,21,22)/t15-/m1/s1. The Morgan fingerprint density at radius 2 is 1.88 bits per heavy atom. The van der Waals surface area contributed by atoms with Gasteiger partial charge in [-0.15, -0.1) is 0 Å². The van der Waals surface area contributed by atoms with Crippen molar-refractivity contribution in [2.24, 2.45) is 0 Å². The molecule has 2 aromatic carbocycles. The highest BCUT2D eigenvalue weighted by Crippen LogP contribution is 2.30. The van der Waals surface area contributed by atoms with Gasteiger partial charge in [-0.2, -0.15) is 0 Å². The van der Waals surface area contributed by atoms with Crippen molar-refractivity contribution in [1.29, 1.82) is 0 Å². The maximum Gasteiger partial charge on any atom is 0.315 e. The zero-order valence-corrected chi connectivity index (χ0v) is 14.3. The number of rotatable bonds is 6. The fraction of sp³-hybridized carbons (Fsp3) is 0.278. The van der Waals surface area contributed by atoms with Crippen molar-refractivity contribution >= 4 is 17.6 Å². The third-order valence-electron chi connectivity index (χ3n) is 3.53. The van der Waals surface area contributed by atoms with Crippen LogP contribution in [-0.4, -0.2) is 38.4 Å². The molecule has 1 aliphatic rings. The van der Waals surface area contributed by atoms with Crippen LogP contribution >= 0.6 is 11.6 Å². The molecular formula is C18H19ClN2O4. The van der Waals surface area contributed by atoms with Gasteiger partial charge in [-0.05, 0) is 36.4 Å². The van der Waals surface area contributed by atoms with Gasteiger partial charge in [0.1, 0.15) is 19.0 Å². The number of fused-ring (bicyclic) bond motifs is 1. The number of carbonyl (C=O) groups is 1. The molecule has 2 amide bonds. The molecule has 1 atom stereocenters. The van der Waals surface area contributed by atoms with Gasteiger partial charge in [-0.1, -0.05) is 23.7 Å². The number of amides is 2. The number of para-hydroxylation sites is 2. The molecule has 0 spiro atoms. The largest absolute Gasteiger partial charge is 0.492 e. The number of benzene rings is 2. The van der Waals surface area contributed by atoms with Crippen LogP contribution in [-0.2, 0) is 0 Å². The van der Waals surface area contributed by atoms with Crippen LogP contribution in [0, 0.1) is 0 Å². The van der Waals surface area contributed by atoms with Gasteiger partial charge in [-0.3, -0.25) is 0 Å². The summed E-state index contributed by atoms with van der Waals surface area (Å²) < 4.78 is 16.9. The summed E-state index contributed by atoms with van der Waals surface area (Å²) in [6.07, 6.45) is -0.217. The monoisotopic (exact) mass is 362 g/mol. The zero-order chi connectivity index (χ0) is 17.5. The van der Waals surface area contributed by atoms with Gasteiger partial charge in [0.2, 0.25) is 0 Å². The van der Waals surface area contributed by atoms with Crippen molar-refractivity contribution < 1.29 is 19.0 Å². The first-order chi connectivity index (χ1) is 12.2.